The number of hydrogen-bond donors (Lipinski definition) is 1. The number of hydrogen-bond acceptors (Lipinski definition) is 9. The van der Waals surface area contributed by atoms with Crippen molar-refractivity contribution in [2.75, 3.05) is 58.5 Å². The minimum atomic E-state index is -0.321. The van der Waals surface area contributed by atoms with Gasteiger partial charge in [-0.1, -0.05) is 0 Å². The lowest BCUT2D eigenvalue weighted by Crippen LogP contribution is -2.53. The maximum absolute atomic E-state index is 6.17. The number of H-pyrrole nitrogens is 1. The zero-order chi connectivity index (χ0) is 25.1. The Morgan fingerprint density at radius 3 is 2.72 bits per heavy atom. The van der Waals surface area contributed by atoms with E-state index in [1.165, 1.54) is 0 Å². The first-order valence-electron chi connectivity index (χ1n) is 12.6. The second kappa shape index (κ2) is 10.7. The molecule has 2 aromatic heterocycles. The van der Waals surface area contributed by atoms with Crippen molar-refractivity contribution in [3.05, 3.63) is 30.6 Å². The molecule has 3 aromatic rings. The van der Waals surface area contributed by atoms with Crippen LogP contribution in [0.5, 0.6) is 5.75 Å². The molecule has 5 rings (SSSR count). The van der Waals surface area contributed by atoms with Crippen molar-refractivity contribution in [3.8, 4) is 17.1 Å². The molecule has 10 nitrogen and oxygen atoms in total. The van der Waals surface area contributed by atoms with Gasteiger partial charge in [-0.25, -0.2) is 9.97 Å². The molecule has 2 aliphatic rings. The minimum Gasteiger partial charge on any atom is -0.488 e. The van der Waals surface area contributed by atoms with Crippen LogP contribution in [0.25, 0.3) is 22.3 Å². The summed E-state index contributed by atoms with van der Waals surface area (Å²) in [6, 6.07) is 8.48. The fourth-order valence-electron chi connectivity index (χ4n) is 4.59. The van der Waals surface area contributed by atoms with Crippen LogP contribution in [0.3, 0.4) is 0 Å². The molecule has 194 valence electrons. The molecule has 1 aliphatic heterocycles. The van der Waals surface area contributed by atoms with Gasteiger partial charge in [0.15, 0.2) is 6.29 Å². The first-order chi connectivity index (χ1) is 17.5. The lowest BCUT2D eigenvalue weighted by molar-refractivity contribution is -0.141. The summed E-state index contributed by atoms with van der Waals surface area (Å²) in [5, 5.41) is 8.70. The Morgan fingerprint density at radius 2 is 1.97 bits per heavy atom. The highest BCUT2D eigenvalue weighted by Gasteiger charge is 2.40. The molecule has 10 heteroatoms. The molecule has 1 aliphatic carbocycles. The zero-order valence-corrected chi connectivity index (χ0v) is 21.6. The fraction of sp³-hybridized carbons (Fsp3) is 0.577. The highest BCUT2D eigenvalue weighted by Crippen LogP contribution is 2.40. The van der Waals surface area contributed by atoms with E-state index in [0.29, 0.717) is 19.3 Å². The molecular formula is C26H36N6O4. The second-order valence-corrected chi connectivity index (χ2v) is 9.90. The van der Waals surface area contributed by atoms with Gasteiger partial charge in [0.2, 0.25) is 0 Å². The van der Waals surface area contributed by atoms with Crippen LogP contribution in [-0.2, 0) is 14.2 Å². The van der Waals surface area contributed by atoms with Crippen LogP contribution in [0.1, 0.15) is 26.7 Å². The number of nitrogens with one attached hydrogen (secondary N) is 1. The van der Waals surface area contributed by atoms with Gasteiger partial charge in [-0.3, -0.25) is 10.00 Å². The van der Waals surface area contributed by atoms with E-state index in [1.54, 1.807) is 20.5 Å². The second-order valence-electron chi connectivity index (χ2n) is 9.90. The minimum absolute atomic E-state index is 0.0269. The summed E-state index contributed by atoms with van der Waals surface area (Å²) in [4.78, 5) is 13.9. The lowest BCUT2D eigenvalue weighted by atomic mass is 10.1. The number of aromatic amines is 1. The van der Waals surface area contributed by atoms with Gasteiger partial charge < -0.3 is 23.8 Å². The molecule has 2 fully saturated rings. The molecule has 0 radical (unpaired) electrons. The van der Waals surface area contributed by atoms with Crippen LogP contribution in [0.4, 0.5) is 5.82 Å². The van der Waals surface area contributed by atoms with Crippen LogP contribution >= 0.6 is 0 Å². The topological polar surface area (TPSA) is 97.9 Å². The van der Waals surface area contributed by atoms with Crippen LogP contribution in [-0.4, -0.2) is 96.6 Å². The van der Waals surface area contributed by atoms with Crippen LogP contribution in [0, 0.1) is 0 Å². The number of methoxy groups -OCH3 is 2. The van der Waals surface area contributed by atoms with Gasteiger partial charge in [-0.15, -0.1) is 0 Å². The number of benzene rings is 1. The molecule has 1 aromatic carbocycles. The number of fused-ring (bicyclic) bond motifs is 1. The van der Waals surface area contributed by atoms with Crippen molar-refractivity contribution in [2.24, 2.45) is 0 Å². The summed E-state index contributed by atoms with van der Waals surface area (Å²) < 4.78 is 22.2. The third-order valence-electron chi connectivity index (χ3n) is 7.14. The Morgan fingerprint density at radius 1 is 1.14 bits per heavy atom. The fourth-order valence-corrected chi connectivity index (χ4v) is 4.59. The summed E-state index contributed by atoms with van der Waals surface area (Å²) in [5.41, 5.74) is 2.55. The quantitative estimate of drug-likeness (QED) is 0.317. The summed E-state index contributed by atoms with van der Waals surface area (Å²) in [5.74, 6) is 1.79. The van der Waals surface area contributed by atoms with E-state index < -0.39 is 0 Å². The highest BCUT2D eigenvalue weighted by molar-refractivity contribution is 5.93. The molecule has 1 saturated heterocycles. The molecule has 36 heavy (non-hydrogen) atoms. The number of ether oxygens (including phenoxy) is 4. The van der Waals surface area contributed by atoms with Crippen LogP contribution in [0.15, 0.2) is 30.6 Å². The van der Waals surface area contributed by atoms with E-state index in [1.807, 2.05) is 18.2 Å². The van der Waals surface area contributed by atoms with Gasteiger partial charge in [-0.2, -0.15) is 5.10 Å². The van der Waals surface area contributed by atoms with Crippen molar-refractivity contribution < 1.29 is 18.9 Å². The summed E-state index contributed by atoms with van der Waals surface area (Å²) in [6.45, 7) is 9.03. The smallest absolute Gasteiger partial charge is 0.180 e. The normalized spacial score (nSPS) is 19.8. The van der Waals surface area contributed by atoms with E-state index in [0.717, 1.165) is 72.9 Å². The largest absolute Gasteiger partial charge is 0.488 e. The summed E-state index contributed by atoms with van der Waals surface area (Å²) in [6.07, 6.45) is 3.50. The Hall–Kier alpha value is -2.79. The predicted octanol–water partition coefficient (Wildman–Crippen LogP) is 3.10. The molecule has 0 bridgehead atoms. The zero-order valence-electron chi connectivity index (χ0n) is 21.6. The maximum Gasteiger partial charge on any atom is 0.180 e. The molecule has 1 N–H and O–H groups in total. The van der Waals surface area contributed by atoms with E-state index in [-0.39, 0.29) is 11.9 Å². The van der Waals surface area contributed by atoms with Crippen LogP contribution < -0.4 is 9.64 Å². The molecule has 3 heterocycles. The average molecular weight is 497 g/mol. The van der Waals surface area contributed by atoms with Crippen molar-refractivity contribution in [1.29, 1.82) is 0 Å². The Kier molecular flexibility index (Phi) is 7.38. The number of aromatic nitrogens is 4. The maximum atomic E-state index is 6.17. The number of nitrogens with zero attached hydrogens (tertiary/aromatic N) is 5. The molecule has 0 unspecified atom stereocenters. The Bertz CT molecular complexity index is 1160. The standard InChI is InChI=1S/C26H36N6O4/c1-18-15-32(10-9-31(18)11-12-35-16-24(33-3)34-4)23-14-22(27-17-28-23)25-20-13-19(36-26(2)7-8-26)5-6-21(20)29-30-25/h5-6,13-14,17-18,24H,7-12,15-16H2,1-4H3,(H,29,30)/t18-/m0/s1. The Balaban J connectivity index is 1.23. The lowest BCUT2D eigenvalue weighted by Gasteiger charge is -2.40. The van der Waals surface area contributed by atoms with Gasteiger partial charge in [0.05, 0.1) is 24.4 Å². The van der Waals surface area contributed by atoms with Gasteiger partial charge >= 0.3 is 0 Å². The van der Waals surface area contributed by atoms with Crippen molar-refractivity contribution >= 4 is 16.7 Å². The molecular weight excluding hydrogens is 460 g/mol. The van der Waals surface area contributed by atoms with Crippen molar-refractivity contribution in [2.45, 2.75) is 44.6 Å². The van der Waals surface area contributed by atoms with Gasteiger partial charge in [-0.05, 0) is 44.9 Å². The third-order valence-corrected chi connectivity index (χ3v) is 7.14. The molecule has 0 spiro atoms. The Labute approximate surface area is 211 Å². The summed E-state index contributed by atoms with van der Waals surface area (Å²) in [7, 11) is 3.24. The SMILES string of the molecule is COC(COCCN1CCN(c2cc(-c3n[nH]c4ccc(OC5(C)CC5)cc34)ncn2)C[C@@H]1C)OC. The number of piperazine rings is 1. The summed E-state index contributed by atoms with van der Waals surface area (Å²) >= 11 is 0. The van der Waals surface area contributed by atoms with Gasteiger partial charge in [0.25, 0.3) is 0 Å². The van der Waals surface area contributed by atoms with E-state index in [2.05, 4.69) is 49.9 Å². The van der Waals surface area contributed by atoms with Gasteiger partial charge in [0, 0.05) is 57.9 Å². The first-order valence-corrected chi connectivity index (χ1v) is 12.6. The van der Waals surface area contributed by atoms with Crippen LogP contribution in [0.2, 0.25) is 0 Å². The van der Waals surface area contributed by atoms with Crippen molar-refractivity contribution in [1.82, 2.24) is 25.1 Å². The monoisotopic (exact) mass is 496 g/mol. The van der Waals surface area contributed by atoms with E-state index in [4.69, 9.17) is 18.9 Å². The number of rotatable bonds is 11. The molecule has 1 atom stereocenters. The first kappa shape index (κ1) is 24.9. The average Bonchev–Trinajstić information content (AvgIpc) is 3.46. The van der Waals surface area contributed by atoms with E-state index in [9.17, 15) is 0 Å². The van der Waals surface area contributed by atoms with Gasteiger partial charge in [0.1, 0.15) is 29.2 Å². The highest BCUT2D eigenvalue weighted by atomic mass is 16.7. The third kappa shape index (κ3) is 5.62. The molecule has 1 saturated carbocycles. The number of anilines is 1. The van der Waals surface area contributed by atoms with Crippen molar-refractivity contribution in [3.63, 3.8) is 0 Å². The molecule has 0 amide bonds. The predicted molar refractivity (Wildman–Crippen MR) is 137 cm³/mol. The van der Waals surface area contributed by atoms with E-state index >= 15 is 0 Å².